The molecule has 0 atom stereocenters. The fourth-order valence-electron chi connectivity index (χ4n) is 0.0815. The van der Waals surface area contributed by atoms with Gasteiger partial charge < -0.3 is 5.48 Å². The van der Waals surface area contributed by atoms with Gasteiger partial charge in [0.25, 0.3) is 0 Å². The molecule has 0 rings (SSSR count). The molecule has 0 spiro atoms. The minimum Gasteiger partial charge on any atom is -0.412 e. The molecule has 0 heterocycles. The van der Waals surface area contributed by atoms with Crippen molar-refractivity contribution in [2.75, 3.05) is 0 Å². The molecule has 77 valence electrons. The Morgan fingerprint density at radius 2 is 1.08 bits per heavy atom. The standard InChI is InChI=1S/K.H2O6S5.H2O/c;1-10(2,3)8-7-9-11(4,5)6;/h;(H,1,2,3)(H,4,5,6);1H2. The van der Waals surface area contributed by atoms with E-state index in [1.165, 1.54) is 0 Å². The SMILES string of the molecule is O.O=S(=O)(O)SSSS(=O)(=O)O.[K]. The average molecular weight is 315 g/mol. The Labute approximate surface area is 128 Å². The maximum atomic E-state index is 9.92. The molecule has 7 nitrogen and oxygen atoms in total. The Hall–Kier alpha value is 2.47. The third kappa shape index (κ3) is 20.5. The minimum atomic E-state index is -4.26. The predicted octanol–water partition coefficient (Wildman–Crippen LogP) is -0.584. The van der Waals surface area contributed by atoms with Crippen LogP contribution in [-0.2, 0) is 18.3 Å². The van der Waals surface area contributed by atoms with E-state index in [9.17, 15) is 16.8 Å². The van der Waals surface area contributed by atoms with E-state index in [4.69, 9.17) is 9.11 Å². The summed E-state index contributed by atoms with van der Waals surface area (Å²) in [4.78, 5) is 0. The van der Waals surface area contributed by atoms with Gasteiger partial charge in [-0.1, -0.05) is 0 Å². The molecule has 0 aliphatic carbocycles. The van der Waals surface area contributed by atoms with Crippen molar-refractivity contribution >= 4 is 99.2 Å². The van der Waals surface area contributed by atoms with Crippen LogP contribution in [0.3, 0.4) is 0 Å². The molecule has 0 bridgehead atoms. The minimum absolute atomic E-state index is 0. The number of rotatable bonds is 4. The van der Waals surface area contributed by atoms with Crippen molar-refractivity contribution in [1.82, 2.24) is 0 Å². The fraction of sp³-hybridized carbons (Fsp3) is 0. The molecule has 0 aliphatic heterocycles. The average Bonchev–Trinajstić information content (AvgIpc) is 1.55. The van der Waals surface area contributed by atoms with Crippen LogP contribution in [0, 0.1) is 0 Å². The summed E-state index contributed by atoms with van der Waals surface area (Å²) in [6, 6.07) is 0. The Kier molecular flexibility index (Phi) is 13.8. The Balaban J connectivity index is -0.000000500. The Morgan fingerprint density at radius 1 is 0.846 bits per heavy atom. The van der Waals surface area contributed by atoms with Gasteiger partial charge in [0.05, 0.1) is 19.7 Å². The zero-order valence-electron chi connectivity index (χ0n) is 6.07. The van der Waals surface area contributed by atoms with Crippen LogP contribution in [0.5, 0.6) is 0 Å². The van der Waals surface area contributed by atoms with Crippen molar-refractivity contribution in [2.24, 2.45) is 0 Å². The second kappa shape index (κ2) is 8.60. The van der Waals surface area contributed by atoms with Gasteiger partial charge in [0.1, 0.15) is 0 Å². The first-order valence-electron chi connectivity index (χ1n) is 1.70. The van der Waals surface area contributed by atoms with Crippen LogP contribution in [0.2, 0.25) is 0 Å². The summed E-state index contributed by atoms with van der Waals surface area (Å²) in [5.74, 6) is 0. The molecule has 0 amide bonds. The molecule has 0 aromatic rings. The van der Waals surface area contributed by atoms with Gasteiger partial charge in [0, 0.05) is 61.2 Å². The van der Waals surface area contributed by atoms with Crippen LogP contribution in [0.4, 0.5) is 0 Å². The maximum absolute atomic E-state index is 9.92. The molecule has 0 aliphatic rings. The van der Waals surface area contributed by atoms with Crippen LogP contribution in [-0.4, -0.2) is 82.8 Å². The smallest absolute Gasteiger partial charge is 0.330 e. The van der Waals surface area contributed by atoms with Gasteiger partial charge in [-0.05, 0) is 0 Å². The van der Waals surface area contributed by atoms with E-state index in [0.717, 1.165) is 0 Å². The number of hydrogen-bond acceptors (Lipinski definition) is 7. The third-order valence-electron chi connectivity index (χ3n) is 0.228. The molecule has 0 saturated carbocycles. The molecular weight excluding hydrogens is 311 g/mol. The van der Waals surface area contributed by atoms with Gasteiger partial charge in [-0.25, -0.2) is 0 Å². The maximum Gasteiger partial charge on any atom is 0.330 e. The van der Waals surface area contributed by atoms with E-state index in [0.29, 0.717) is 0 Å². The van der Waals surface area contributed by atoms with Gasteiger partial charge in [-0.2, -0.15) is 16.8 Å². The summed E-state index contributed by atoms with van der Waals surface area (Å²) in [5.41, 5.74) is 0. The van der Waals surface area contributed by atoms with Crippen molar-refractivity contribution in [2.45, 2.75) is 0 Å². The third-order valence-corrected chi connectivity index (χ3v) is 9.14. The van der Waals surface area contributed by atoms with Gasteiger partial charge in [0.2, 0.25) is 0 Å². The Bertz CT molecular complexity index is 266. The normalized spacial score (nSPS) is 11.2. The largest absolute Gasteiger partial charge is 0.412 e. The first-order chi connectivity index (χ1) is 4.71. The van der Waals surface area contributed by atoms with E-state index in [1.54, 1.807) is 0 Å². The zero-order chi connectivity index (χ0) is 9.12. The van der Waals surface area contributed by atoms with Crippen LogP contribution in [0.15, 0.2) is 0 Å². The van der Waals surface area contributed by atoms with E-state index < -0.39 is 18.3 Å². The van der Waals surface area contributed by atoms with Crippen molar-refractivity contribution in [3.63, 3.8) is 0 Å². The van der Waals surface area contributed by atoms with Crippen LogP contribution < -0.4 is 0 Å². The number of hydrogen-bond donors (Lipinski definition) is 2. The van der Waals surface area contributed by atoms with E-state index >= 15 is 0 Å². The predicted molar refractivity (Wildman–Crippen MR) is 55.2 cm³/mol. The first-order valence-corrected chi connectivity index (χ1v) is 9.10. The van der Waals surface area contributed by atoms with Crippen molar-refractivity contribution < 1.29 is 31.4 Å². The zero-order valence-corrected chi connectivity index (χ0v) is 13.3. The van der Waals surface area contributed by atoms with Crippen LogP contribution in [0.25, 0.3) is 0 Å². The summed E-state index contributed by atoms with van der Waals surface area (Å²) in [5, 5.41) is 0. The van der Waals surface area contributed by atoms with Gasteiger partial charge in [-0.15, -0.1) is 0 Å². The second-order valence-electron chi connectivity index (χ2n) is 1.06. The summed E-state index contributed by atoms with van der Waals surface area (Å²) >= 11 is 0. The molecule has 4 N–H and O–H groups in total. The summed E-state index contributed by atoms with van der Waals surface area (Å²) in [6.07, 6.45) is 0. The molecule has 0 fully saturated rings. The topological polar surface area (TPSA) is 140 Å². The monoisotopic (exact) mass is 315 g/mol. The van der Waals surface area contributed by atoms with Crippen molar-refractivity contribution in [1.29, 1.82) is 0 Å². The second-order valence-corrected chi connectivity index (χ2v) is 10.6. The van der Waals surface area contributed by atoms with Crippen molar-refractivity contribution in [3.05, 3.63) is 0 Å². The molecule has 13 heteroatoms. The molecule has 1 radical (unpaired) electrons. The van der Waals surface area contributed by atoms with Crippen LogP contribution in [0.1, 0.15) is 0 Å². The van der Waals surface area contributed by atoms with E-state index in [1.807, 2.05) is 0 Å². The summed E-state index contributed by atoms with van der Waals surface area (Å²) in [7, 11) is -8.44. The molecular formula is H4KO7S5. The molecule has 13 heavy (non-hydrogen) atoms. The van der Waals surface area contributed by atoms with E-state index in [2.05, 4.69) is 0 Å². The molecule has 0 aromatic heterocycles. The van der Waals surface area contributed by atoms with Gasteiger partial charge >= 0.3 is 18.3 Å². The fourth-order valence-corrected chi connectivity index (χ4v) is 8.44. The Morgan fingerprint density at radius 3 is 1.23 bits per heavy atom. The van der Waals surface area contributed by atoms with Gasteiger partial charge in [0.15, 0.2) is 0 Å². The molecule has 0 saturated heterocycles. The van der Waals surface area contributed by atoms with Gasteiger partial charge in [-0.3, -0.25) is 9.11 Å². The first kappa shape index (κ1) is 20.8. The van der Waals surface area contributed by atoms with Crippen LogP contribution >= 0.6 is 29.5 Å². The quantitative estimate of drug-likeness (QED) is 0.396. The van der Waals surface area contributed by atoms with Crippen molar-refractivity contribution in [3.8, 4) is 0 Å². The van der Waals surface area contributed by atoms with E-state index in [-0.39, 0.29) is 86.3 Å². The summed E-state index contributed by atoms with van der Waals surface area (Å²) < 4.78 is 55.8. The molecule has 0 unspecified atom stereocenters. The molecule has 0 aromatic carbocycles. The summed E-state index contributed by atoms with van der Waals surface area (Å²) in [6.45, 7) is 0.